The highest BCUT2D eigenvalue weighted by Crippen LogP contribution is 2.47. The molecule has 1 fully saturated rings. The second kappa shape index (κ2) is 37.0. The van der Waals surface area contributed by atoms with Crippen LogP contribution < -0.4 is 0 Å². The van der Waals surface area contributed by atoms with Crippen LogP contribution in [0.4, 0.5) is 0 Å². The predicted octanol–water partition coefficient (Wildman–Crippen LogP) is 9.45. The molecule has 0 aromatic heterocycles. The van der Waals surface area contributed by atoms with Gasteiger partial charge in [-0.25, -0.2) is 4.57 Å². The molecule has 0 amide bonds. The molecule has 1 aliphatic rings. The molecule has 60 heavy (non-hydrogen) atoms. The Morgan fingerprint density at radius 3 is 1.27 bits per heavy atom. The van der Waals surface area contributed by atoms with Crippen LogP contribution in [0.5, 0.6) is 0 Å². The topological polar surface area (TPSA) is 210 Å². The van der Waals surface area contributed by atoms with E-state index in [0.29, 0.717) is 12.8 Å². The predicted molar refractivity (Wildman–Crippen MR) is 235 cm³/mol. The van der Waals surface area contributed by atoms with Gasteiger partial charge in [0.05, 0.1) is 6.61 Å². The molecule has 13 nitrogen and oxygen atoms in total. The van der Waals surface area contributed by atoms with Gasteiger partial charge < -0.3 is 39.9 Å². The number of phosphoric ester groups is 1. The highest BCUT2D eigenvalue weighted by molar-refractivity contribution is 7.47. The molecule has 0 aromatic rings. The van der Waals surface area contributed by atoms with Gasteiger partial charge in [0.25, 0.3) is 0 Å². The van der Waals surface area contributed by atoms with E-state index in [1.165, 1.54) is 128 Å². The van der Waals surface area contributed by atoms with Crippen molar-refractivity contribution in [3.63, 3.8) is 0 Å². The van der Waals surface area contributed by atoms with Crippen LogP contribution in [0, 0.1) is 0 Å². The first-order valence-corrected chi connectivity index (χ1v) is 25.5. The number of allylic oxidation sites excluding steroid dienone is 2. The van der Waals surface area contributed by atoms with Crippen LogP contribution >= 0.6 is 7.82 Å². The van der Waals surface area contributed by atoms with E-state index in [4.69, 9.17) is 18.5 Å². The maximum atomic E-state index is 12.8. The maximum absolute atomic E-state index is 12.8. The minimum Gasteiger partial charge on any atom is -0.462 e. The lowest BCUT2D eigenvalue weighted by Crippen LogP contribution is -2.64. The summed E-state index contributed by atoms with van der Waals surface area (Å²) in [4.78, 5) is 35.6. The number of esters is 2. The van der Waals surface area contributed by atoms with Crippen LogP contribution in [-0.2, 0) is 32.7 Å². The summed E-state index contributed by atoms with van der Waals surface area (Å²) >= 11 is 0. The largest absolute Gasteiger partial charge is 0.472 e. The van der Waals surface area contributed by atoms with E-state index in [1.54, 1.807) is 0 Å². The van der Waals surface area contributed by atoms with Gasteiger partial charge in [0, 0.05) is 12.8 Å². The van der Waals surface area contributed by atoms with Crippen LogP contribution in [0.25, 0.3) is 0 Å². The molecule has 6 unspecified atom stereocenters. The van der Waals surface area contributed by atoms with Crippen molar-refractivity contribution < 1.29 is 63.1 Å². The van der Waals surface area contributed by atoms with E-state index in [9.17, 15) is 44.6 Å². The molecule has 0 aromatic carbocycles. The van der Waals surface area contributed by atoms with Gasteiger partial charge in [-0.3, -0.25) is 18.6 Å². The van der Waals surface area contributed by atoms with Crippen LogP contribution in [0.15, 0.2) is 12.2 Å². The third-order valence-corrected chi connectivity index (χ3v) is 12.3. The van der Waals surface area contributed by atoms with E-state index in [1.807, 2.05) is 0 Å². The Kier molecular flexibility index (Phi) is 34.9. The van der Waals surface area contributed by atoms with Gasteiger partial charge in [-0.15, -0.1) is 0 Å². The van der Waals surface area contributed by atoms with Crippen LogP contribution in [0.3, 0.4) is 0 Å². The van der Waals surface area contributed by atoms with E-state index in [0.717, 1.165) is 44.9 Å². The van der Waals surface area contributed by atoms with Crippen LogP contribution in [0.1, 0.15) is 213 Å². The number of carbonyl (C=O) groups excluding carboxylic acids is 2. The van der Waals surface area contributed by atoms with Crippen molar-refractivity contribution in [3.8, 4) is 0 Å². The van der Waals surface area contributed by atoms with Crippen molar-refractivity contribution in [3.05, 3.63) is 12.2 Å². The molecule has 354 valence electrons. The van der Waals surface area contributed by atoms with Crippen molar-refractivity contribution in [2.75, 3.05) is 13.2 Å². The van der Waals surface area contributed by atoms with Gasteiger partial charge in [0.15, 0.2) is 6.10 Å². The lowest BCUT2D eigenvalue weighted by Gasteiger charge is -2.41. The van der Waals surface area contributed by atoms with E-state index in [-0.39, 0.29) is 12.8 Å². The number of aliphatic hydroxyl groups is 5. The third kappa shape index (κ3) is 29.0. The van der Waals surface area contributed by atoms with Gasteiger partial charge in [0.1, 0.15) is 43.2 Å². The Morgan fingerprint density at radius 1 is 0.500 bits per heavy atom. The summed E-state index contributed by atoms with van der Waals surface area (Å²) < 4.78 is 33.5. The SMILES string of the molecule is CCCCCCCC/C=C/CCCCCCCCCCCCCC(=O)OC[C@@H](COP(=O)(O)OC1C(O)C(O)C(O)[C@H](O)C1O)OC(=O)CCCCCCCCCCCC. The number of phosphoric acid groups is 1. The summed E-state index contributed by atoms with van der Waals surface area (Å²) in [7, 11) is -5.11. The van der Waals surface area contributed by atoms with Gasteiger partial charge in [0.2, 0.25) is 0 Å². The summed E-state index contributed by atoms with van der Waals surface area (Å²) in [6, 6.07) is 0. The van der Waals surface area contributed by atoms with Crippen LogP contribution in [0.2, 0.25) is 0 Å². The Labute approximate surface area is 363 Å². The molecule has 1 rings (SSSR count). The second-order valence-corrected chi connectivity index (χ2v) is 18.4. The van der Waals surface area contributed by atoms with Crippen molar-refractivity contribution in [2.45, 2.75) is 256 Å². The standard InChI is InChI=1S/C46H87O13P/c1-3-5-7-9-11-13-15-16-17-18-19-20-21-22-23-24-25-27-28-30-32-34-39(47)56-36-38(58-40(48)35-33-31-29-26-14-12-10-8-6-4-2)37-57-60(54,55)59-46-44(52)42(50)41(49)43(51)45(46)53/h16-17,38,41-46,49-53H,3-15,18-37H2,1-2H3,(H,54,55)/b17-16+/t38-,41?,42-,43?,44?,45?,46?/m0/s1. The molecule has 0 bridgehead atoms. The molecule has 1 aliphatic carbocycles. The first kappa shape index (κ1) is 56.6. The smallest absolute Gasteiger partial charge is 0.462 e. The van der Waals surface area contributed by atoms with E-state index in [2.05, 4.69) is 26.0 Å². The number of hydrogen-bond donors (Lipinski definition) is 6. The fourth-order valence-electron chi connectivity index (χ4n) is 7.46. The highest BCUT2D eigenvalue weighted by atomic mass is 31.2. The Morgan fingerprint density at radius 2 is 0.850 bits per heavy atom. The molecule has 0 heterocycles. The third-order valence-electron chi connectivity index (χ3n) is 11.4. The Bertz CT molecular complexity index is 1110. The molecule has 8 atom stereocenters. The number of hydrogen-bond acceptors (Lipinski definition) is 12. The number of aliphatic hydroxyl groups excluding tert-OH is 5. The van der Waals surface area contributed by atoms with Gasteiger partial charge in [-0.05, 0) is 38.5 Å². The summed E-state index contributed by atoms with van der Waals surface area (Å²) in [5.74, 6) is -1.09. The van der Waals surface area contributed by atoms with E-state index < -0.39 is 75.7 Å². The highest BCUT2D eigenvalue weighted by Gasteiger charge is 2.51. The van der Waals surface area contributed by atoms with Gasteiger partial charge in [-0.1, -0.05) is 174 Å². The van der Waals surface area contributed by atoms with Crippen molar-refractivity contribution in [2.24, 2.45) is 0 Å². The molecule has 0 aliphatic heterocycles. The molecular weight excluding hydrogens is 791 g/mol. The molecule has 0 saturated heterocycles. The minimum atomic E-state index is -5.11. The van der Waals surface area contributed by atoms with Crippen molar-refractivity contribution in [1.82, 2.24) is 0 Å². The Hall–Kier alpha value is -1.41. The fraction of sp³-hybridized carbons (Fsp3) is 0.913. The fourth-order valence-corrected chi connectivity index (χ4v) is 8.43. The molecular formula is C46H87O13P. The normalized spacial score (nSPS) is 22.2. The molecule has 1 saturated carbocycles. The van der Waals surface area contributed by atoms with Gasteiger partial charge >= 0.3 is 19.8 Å². The first-order chi connectivity index (χ1) is 28.9. The second-order valence-electron chi connectivity index (χ2n) is 17.0. The van der Waals surface area contributed by atoms with Gasteiger partial charge in [-0.2, -0.15) is 0 Å². The number of carbonyl (C=O) groups is 2. The lowest BCUT2D eigenvalue weighted by molar-refractivity contribution is -0.220. The average Bonchev–Trinajstić information content (AvgIpc) is 3.23. The summed E-state index contributed by atoms with van der Waals surface area (Å²) in [6.45, 7) is 3.29. The van der Waals surface area contributed by atoms with Crippen molar-refractivity contribution >= 4 is 19.8 Å². The zero-order valence-corrected chi connectivity index (χ0v) is 38.4. The van der Waals surface area contributed by atoms with Crippen LogP contribution in [-0.4, -0.2) is 98.3 Å². The summed E-state index contributed by atoms with van der Waals surface area (Å²) in [6.07, 6.45) is 25.7. The maximum Gasteiger partial charge on any atom is 0.472 e. The van der Waals surface area contributed by atoms with E-state index >= 15 is 0 Å². The zero-order valence-electron chi connectivity index (χ0n) is 37.5. The molecule has 0 radical (unpaired) electrons. The zero-order chi connectivity index (χ0) is 44.3. The summed E-state index contributed by atoms with van der Waals surface area (Å²) in [5.41, 5.74) is 0. The molecule has 6 N–H and O–H groups in total. The molecule has 0 spiro atoms. The monoisotopic (exact) mass is 879 g/mol. The summed E-state index contributed by atoms with van der Waals surface area (Å²) in [5, 5.41) is 50.1. The number of ether oxygens (including phenoxy) is 2. The number of rotatable bonds is 40. The minimum absolute atomic E-state index is 0.101. The first-order valence-electron chi connectivity index (χ1n) is 24.0. The number of unbranched alkanes of at least 4 members (excludes halogenated alkanes) is 26. The Balaban J connectivity index is 2.36. The lowest BCUT2D eigenvalue weighted by atomic mass is 9.85. The van der Waals surface area contributed by atoms with Crippen molar-refractivity contribution in [1.29, 1.82) is 0 Å². The average molecular weight is 879 g/mol. The quantitative estimate of drug-likeness (QED) is 0.0147. The molecule has 14 heteroatoms.